The van der Waals surface area contributed by atoms with Crippen LogP contribution in [0.5, 0.6) is 0 Å². The number of benzene rings is 2. The normalized spacial score (nSPS) is 22.0. The molecule has 2 aliphatic heterocycles. The summed E-state index contributed by atoms with van der Waals surface area (Å²) < 4.78 is 0. The molecule has 0 unspecified atom stereocenters. The molecule has 0 saturated carbocycles. The van der Waals surface area contributed by atoms with Crippen molar-refractivity contribution in [1.29, 1.82) is 0 Å². The summed E-state index contributed by atoms with van der Waals surface area (Å²) >= 11 is 0. The zero-order valence-corrected chi connectivity index (χ0v) is 19.1. The second-order valence-corrected chi connectivity index (χ2v) is 8.76. The molecular formula is C26H32N2O5. The van der Waals surface area contributed by atoms with Crippen molar-refractivity contribution in [3.63, 3.8) is 0 Å². The summed E-state index contributed by atoms with van der Waals surface area (Å²) in [6.45, 7) is 5.05. The van der Waals surface area contributed by atoms with E-state index in [9.17, 15) is 14.4 Å². The van der Waals surface area contributed by atoms with Gasteiger partial charge in [0.25, 0.3) is 0 Å². The Balaban J connectivity index is 0.000000186. The number of amides is 2. The molecule has 0 spiro atoms. The maximum atomic E-state index is 11.8. The molecule has 2 aliphatic rings. The summed E-state index contributed by atoms with van der Waals surface area (Å²) in [6, 6.07) is 19.7. The number of rotatable bonds is 6. The molecule has 2 heterocycles. The Morgan fingerprint density at radius 1 is 0.848 bits per heavy atom. The topological polar surface area (TPSA) is 98.2 Å². The lowest BCUT2D eigenvalue weighted by molar-refractivity contribution is -0.141. The third-order valence-electron chi connectivity index (χ3n) is 6.50. The number of carboxylic acid groups (broad SMARTS) is 1. The molecule has 4 atom stereocenters. The Hall–Kier alpha value is -3.19. The predicted molar refractivity (Wildman–Crippen MR) is 124 cm³/mol. The summed E-state index contributed by atoms with van der Waals surface area (Å²) in [7, 11) is 0. The number of carbonyl (C=O) groups is 3. The van der Waals surface area contributed by atoms with Gasteiger partial charge in [0.1, 0.15) is 0 Å². The Bertz CT molecular complexity index is 950. The van der Waals surface area contributed by atoms with Gasteiger partial charge < -0.3 is 20.0 Å². The van der Waals surface area contributed by atoms with E-state index in [4.69, 9.17) is 10.2 Å². The second-order valence-electron chi connectivity index (χ2n) is 8.76. The van der Waals surface area contributed by atoms with Crippen molar-refractivity contribution in [1.82, 2.24) is 9.80 Å². The summed E-state index contributed by atoms with van der Waals surface area (Å²) in [5.41, 5.74) is 2.18. The van der Waals surface area contributed by atoms with Crippen LogP contribution in [0.2, 0.25) is 0 Å². The molecule has 4 rings (SSSR count). The molecule has 2 aromatic rings. The van der Waals surface area contributed by atoms with Gasteiger partial charge in [0.2, 0.25) is 11.8 Å². The van der Waals surface area contributed by atoms with Crippen molar-refractivity contribution >= 4 is 17.8 Å². The highest BCUT2D eigenvalue weighted by Gasteiger charge is 2.37. The molecule has 2 fully saturated rings. The summed E-state index contributed by atoms with van der Waals surface area (Å²) in [6.07, 6.45) is 0.597. The van der Waals surface area contributed by atoms with Crippen molar-refractivity contribution in [2.45, 2.75) is 38.8 Å². The quantitative estimate of drug-likeness (QED) is 0.701. The van der Waals surface area contributed by atoms with Crippen LogP contribution < -0.4 is 0 Å². The van der Waals surface area contributed by atoms with Crippen LogP contribution >= 0.6 is 0 Å². The Labute approximate surface area is 194 Å². The number of nitrogens with zero attached hydrogens (tertiary/aromatic N) is 2. The molecule has 0 aromatic heterocycles. The first-order valence-electron chi connectivity index (χ1n) is 11.3. The lowest BCUT2D eigenvalue weighted by Crippen LogP contribution is -2.29. The highest BCUT2D eigenvalue weighted by atomic mass is 16.4. The van der Waals surface area contributed by atoms with Gasteiger partial charge in [-0.15, -0.1) is 0 Å². The fourth-order valence-electron chi connectivity index (χ4n) is 4.40. The van der Waals surface area contributed by atoms with Gasteiger partial charge in [-0.3, -0.25) is 14.4 Å². The zero-order valence-electron chi connectivity index (χ0n) is 19.1. The van der Waals surface area contributed by atoms with Crippen LogP contribution in [-0.4, -0.2) is 57.5 Å². The number of aliphatic hydroxyl groups excluding tert-OH is 1. The van der Waals surface area contributed by atoms with E-state index in [0.717, 1.165) is 11.1 Å². The van der Waals surface area contributed by atoms with Gasteiger partial charge in [-0.25, -0.2) is 0 Å². The first-order chi connectivity index (χ1) is 15.8. The molecule has 2 amide bonds. The summed E-state index contributed by atoms with van der Waals surface area (Å²) in [4.78, 5) is 37.9. The van der Waals surface area contributed by atoms with Gasteiger partial charge in [0.15, 0.2) is 0 Å². The molecule has 0 radical (unpaired) electrons. The number of hydrogen-bond acceptors (Lipinski definition) is 4. The van der Waals surface area contributed by atoms with E-state index in [1.165, 1.54) is 0 Å². The van der Waals surface area contributed by atoms with Crippen LogP contribution in [0.3, 0.4) is 0 Å². The van der Waals surface area contributed by atoms with E-state index in [2.05, 4.69) is 0 Å². The largest absolute Gasteiger partial charge is 0.481 e. The van der Waals surface area contributed by atoms with E-state index in [-0.39, 0.29) is 42.8 Å². The molecule has 7 nitrogen and oxygen atoms in total. The molecule has 2 aromatic carbocycles. The molecule has 2 N–H and O–H groups in total. The average Bonchev–Trinajstić information content (AvgIpc) is 3.42. The van der Waals surface area contributed by atoms with Crippen LogP contribution in [0.1, 0.15) is 49.9 Å². The molecule has 2 saturated heterocycles. The first-order valence-corrected chi connectivity index (χ1v) is 11.3. The van der Waals surface area contributed by atoms with Gasteiger partial charge in [0.05, 0.1) is 18.0 Å². The Morgan fingerprint density at radius 3 is 1.70 bits per heavy atom. The van der Waals surface area contributed by atoms with Gasteiger partial charge >= 0.3 is 5.97 Å². The zero-order chi connectivity index (χ0) is 24.0. The number of likely N-dealkylation sites (tertiary alicyclic amines) is 2. The van der Waals surface area contributed by atoms with E-state index in [1.54, 1.807) is 4.90 Å². The van der Waals surface area contributed by atoms with Crippen molar-refractivity contribution in [3.05, 3.63) is 71.8 Å². The average molecular weight is 453 g/mol. The van der Waals surface area contributed by atoms with Gasteiger partial charge in [0, 0.05) is 38.5 Å². The predicted octanol–water partition coefficient (Wildman–Crippen LogP) is 3.27. The van der Waals surface area contributed by atoms with E-state index < -0.39 is 11.9 Å². The monoisotopic (exact) mass is 452 g/mol. The lowest BCUT2D eigenvalue weighted by atomic mass is 10.1. The minimum absolute atomic E-state index is 0.0620. The van der Waals surface area contributed by atoms with E-state index >= 15 is 0 Å². The minimum Gasteiger partial charge on any atom is -0.481 e. The standard InChI is InChI=1S/C13H15NO3.C13H17NO2/c1-9(10-5-3-2-4-6-10)14-8-11(13(16)17)7-12(14)15;1-10(12-5-3-2-4-6-12)14-8-11(9-15)7-13(14)16/h2-6,9,11H,7-8H2,1H3,(H,16,17);2-6,10-11,15H,7-9H2,1H3/t9-,11-;10-,11-/m00/s1. The van der Waals surface area contributed by atoms with Crippen LogP contribution in [0.25, 0.3) is 0 Å². The molecule has 176 valence electrons. The van der Waals surface area contributed by atoms with Crippen molar-refractivity contribution in [2.24, 2.45) is 11.8 Å². The van der Waals surface area contributed by atoms with Gasteiger partial charge in [-0.2, -0.15) is 0 Å². The summed E-state index contributed by atoms with van der Waals surface area (Å²) in [5.74, 6) is -1.27. The van der Waals surface area contributed by atoms with Gasteiger partial charge in [-0.05, 0) is 25.0 Å². The maximum absolute atomic E-state index is 11.8. The maximum Gasteiger partial charge on any atom is 0.308 e. The highest BCUT2D eigenvalue weighted by Crippen LogP contribution is 2.29. The van der Waals surface area contributed by atoms with E-state index in [1.807, 2.05) is 79.4 Å². The molecule has 0 bridgehead atoms. The number of carboxylic acids is 1. The fourth-order valence-corrected chi connectivity index (χ4v) is 4.40. The van der Waals surface area contributed by atoms with Crippen LogP contribution in [0.15, 0.2) is 60.7 Å². The van der Waals surface area contributed by atoms with Crippen LogP contribution in [-0.2, 0) is 14.4 Å². The number of aliphatic carboxylic acids is 1. The molecule has 0 aliphatic carbocycles. The molecular weight excluding hydrogens is 420 g/mol. The van der Waals surface area contributed by atoms with Crippen molar-refractivity contribution < 1.29 is 24.6 Å². The Morgan fingerprint density at radius 2 is 1.30 bits per heavy atom. The Kier molecular flexibility index (Phi) is 8.22. The fraction of sp³-hybridized carbons (Fsp3) is 0.423. The highest BCUT2D eigenvalue weighted by molar-refractivity contribution is 5.86. The number of hydrogen-bond donors (Lipinski definition) is 2. The number of carbonyl (C=O) groups excluding carboxylic acids is 2. The third kappa shape index (κ3) is 5.99. The van der Waals surface area contributed by atoms with Crippen LogP contribution in [0.4, 0.5) is 0 Å². The lowest BCUT2D eigenvalue weighted by Gasteiger charge is -2.25. The molecule has 33 heavy (non-hydrogen) atoms. The molecule has 7 heteroatoms. The smallest absolute Gasteiger partial charge is 0.308 e. The van der Waals surface area contributed by atoms with Gasteiger partial charge in [-0.1, -0.05) is 60.7 Å². The van der Waals surface area contributed by atoms with Crippen LogP contribution in [0, 0.1) is 11.8 Å². The SMILES string of the molecule is C[C@@H](c1ccccc1)N1C[C@@H](C(=O)O)CC1=O.C[C@@H](c1ccccc1)N1C[C@@H](CO)CC1=O. The summed E-state index contributed by atoms with van der Waals surface area (Å²) in [5, 5.41) is 18.0. The van der Waals surface area contributed by atoms with Crippen molar-refractivity contribution in [2.75, 3.05) is 19.7 Å². The first kappa shape index (κ1) is 24.5. The van der Waals surface area contributed by atoms with Crippen molar-refractivity contribution in [3.8, 4) is 0 Å². The third-order valence-corrected chi connectivity index (χ3v) is 6.50. The van der Waals surface area contributed by atoms with E-state index in [0.29, 0.717) is 19.5 Å². The minimum atomic E-state index is -0.888. The number of aliphatic hydroxyl groups is 1. The second kappa shape index (κ2) is 11.1.